The Morgan fingerprint density at radius 2 is 0.918 bits per heavy atom. The summed E-state index contributed by atoms with van der Waals surface area (Å²) in [5.74, 6) is 2.20. The Morgan fingerprint density at radius 3 is 1.69 bits per heavy atom. The van der Waals surface area contributed by atoms with E-state index >= 15 is 0 Å². The van der Waals surface area contributed by atoms with Crippen LogP contribution in [0.15, 0.2) is 182 Å². The van der Waals surface area contributed by atoms with Gasteiger partial charge in [-0.2, -0.15) is 0 Å². The van der Waals surface area contributed by atoms with Crippen LogP contribution >= 0.6 is 0 Å². The first-order valence-corrected chi connectivity index (χ1v) is 16.7. The maximum Gasteiger partial charge on any atom is 0.166 e. The van der Waals surface area contributed by atoms with E-state index in [1.807, 2.05) is 12.1 Å². The summed E-state index contributed by atoms with van der Waals surface area (Å²) < 4.78 is 0. The van der Waals surface area contributed by atoms with E-state index in [-0.39, 0.29) is 12.0 Å². The number of nitrogens with zero attached hydrogens (tertiary/aromatic N) is 4. The molecule has 0 fully saturated rings. The molecule has 0 bridgehead atoms. The molecule has 7 aromatic rings. The van der Waals surface area contributed by atoms with Crippen molar-refractivity contribution in [3.8, 4) is 56.4 Å². The molecule has 1 aliphatic carbocycles. The van der Waals surface area contributed by atoms with Crippen molar-refractivity contribution in [1.29, 1.82) is 0 Å². The van der Waals surface area contributed by atoms with Crippen molar-refractivity contribution >= 4 is 11.4 Å². The highest BCUT2D eigenvalue weighted by Gasteiger charge is 2.38. The molecule has 4 nitrogen and oxygen atoms in total. The highest BCUT2D eigenvalue weighted by Crippen LogP contribution is 2.49. The van der Waals surface area contributed by atoms with Crippen LogP contribution in [0.25, 0.3) is 56.4 Å². The summed E-state index contributed by atoms with van der Waals surface area (Å²) in [4.78, 5) is 18.0. The van der Waals surface area contributed by atoms with E-state index in [1.54, 1.807) is 0 Å². The Morgan fingerprint density at radius 1 is 0.388 bits per heavy atom. The van der Waals surface area contributed by atoms with Crippen LogP contribution in [0.3, 0.4) is 0 Å². The molecular formula is C45H32N4. The zero-order valence-corrected chi connectivity index (χ0v) is 26.8. The molecule has 0 amide bonds. The summed E-state index contributed by atoms with van der Waals surface area (Å²) in [6.07, 6.45) is 8.92. The van der Waals surface area contributed by atoms with E-state index in [2.05, 4.69) is 175 Å². The minimum Gasteiger partial charge on any atom is -0.333 e. The molecule has 2 unspecified atom stereocenters. The van der Waals surface area contributed by atoms with Gasteiger partial charge in [-0.1, -0.05) is 158 Å². The number of fused-ring (bicyclic) bond motifs is 3. The number of aromatic nitrogens is 3. The molecule has 1 aliphatic heterocycles. The van der Waals surface area contributed by atoms with Gasteiger partial charge in [-0.25, -0.2) is 15.0 Å². The number of anilines is 2. The largest absolute Gasteiger partial charge is 0.333 e. The number of para-hydroxylation sites is 2. The summed E-state index contributed by atoms with van der Waals surface area (Å²) in [5, 5.41) is 0. The molecule has 0 saturated carbocycles. The van der Waals surface area contributed by atoms with Crippen LogP contribution in [-0.4, -0.2) is 21.0 Å². The Kier molecular flexibility index (Phi) is 7.25. The van der Waals surface area contributed by atoms with Gasteiger partial charge in [0, 0.05) is 28.3 Å². The third kappa shape index (κ3) is 5.34. The normalized spacial score (nSPS) is 16.0. The molecule has 4 heteroatoms. The lowest BCUT2D eigenvalue weighted by molar-refractivity contribution is 0.745. The van der Waals surface area contributed by atoms with Crippen molar-refractivity contribution in [2.24, 2.45) is 0 Å². The highest BCUT2D eigenvalue weighted by molar-refractivity contribution is 5.85. The van der Waals surface area contributed by atoms with Crippen LogP contribution in [-0.2, 0) is 0 Å². The lowest BCUT2D eigenvalue weighted by Gasteiger charge is -2.30. The van der Waals surface area contributed by atoms with Crippen LogP contribution in [0.2, 0.25) is 0 Å². The minimum atomic E-state index is 0.164. The highest BCUT2D eigenvalue weighted by atomic mass is 15.2. The molecule has 232 valence electrons. The monoisotopic (exact) mass is 628 g/mol. The molecule has 9 rings (SSSR count). The lowest BCUT2D eigenvalue weighted by atomic mass is 9.91. The van der Waals surface area contributed by atoms with Crippen molar-refractivity contribution in [2.45, 2.75) is 12.0 Å². The van der Waals surface area contributed by atoms with Gasteiger partial charge in [0.25, 0.3) is 0 Å². The van der Waals surface area contributed by atoms with Crippen LogP contribution in [0, 0.1) is 0 Å². The zero-order valence-electron chi connectivity index (χ0n) is 26.8. The molecule has 1 aromatic heterocycles. The maximum absolute atomic E-state index is 5.21. The fourth-order valence-electron chi connectivity index (χ4n) is 7.11. The van der Waals surface area contributed by atoms with Gasteiger partial charge in [0.2, 0.25) is 0 Å². The standard InChI is InChI=1S/C45H32N4/c1-3-14-31(15-4-1)33-26-28-34(29-27-33)43-46-44(36-19-13-18-35(30-36)32-16-5-2-6-17-32)48-45(47-43)39-22-9-12-25-42(39)49-40-23-10-7-20-37(40)38-21-8-11-24-41(38)49/h1-30,37,40H. The van der Waals surface area contributed by atoms with E-state index in [0.717, 1.165) is 39.1 Å². The van der Waals surface area contributed by atoms with Crippen molar-refractivity contribution in [2.75, 3.05) is 4.90 Å². The number of benzene rings is 6. The fourth-order valence-corrected chi connectivity index (χ4v) is 7.11. The lowest BCUT2D eigenvalue weighted by Crippen LogP contribution is -2.29. The predicted molar refractivity (Wildman–Crippen MR) is 200 cm³/mol. The van der Waals surface area contributed by atoms with Crippen molar-refractivity contribution < 1.29 is 0 Å². The Hall–Kier alpha value is -6.39. The van der Waals surface area contributed by atoms with Crippen molar-refractivity contribution in [1.82, 2.24) is 15.0 Å². The van der Waals surface area contributed by atoms with E-state index in [0.29, 0.717) is 17.5 Å². The second-order valence-electron chi connectivity index (χ2n) is 12.4. The van der Waals surface area contributed by atoms with Crippen LogP contribution in [0.1, 0.15) is 11.5 Å². The van der Waals surface area contributed by atoms with Gasteiger partial charge in [-0.05, 0) is 52.1 Å². The van der Waals surface area contributed by atoms with E-state index in [1.165, 1.54) is 16.8 Å². The topological polar surface area (TPSA) is 41.9 Å². The Bertz CT molecular complexity index is 2340. The molecular weight excluding hydrogens is 597 g/mol. The van der Waals surface area contributed by atoms with Gasteiger partial charge >= 0.3 is 0 Å². The maximum atomic E-state index is 5.21. The molecule has 2 atom stereocenters. The summed E-state index contributed by atoms with van der Waals surface area (Å²) in [6, 6.07) is 55.2. The van der Waals surface area contributed by atoms with Gasteiger partial charge in [-0.3, -0.25) is 0 Å². The van der Waals surface area contributed by atoms with Crippen LogP contribution in [0.5, 0.6) is 0 Å². The van der Waals surface area contributed by atoms with E-state index in [4.69, 9.17) is 15.0 Å². The average molecular weight is 629 g/mol. The van der Waals surface area contributed by atoms with E-state index in [9.17, 15) is 0 Å². The molecule has 0 spiro atoms. The number of hydrogen-bond acceptors (Lipinski definition) is 4. The number of allylic oxidation sites excluding steroid dienone is 2. The quantitative estimate of drug-likeness (QED) is 0.184. The summed E-state index contributed by atoms with van der Waals surface area (Å²) in [7, 11) is 0. The molecule has 0 N–H and O–H groups in total. The smallest absolute Gasteiger partial charge is 0.166 e. The minimum absolute atomic E-state index is 0.164. The molecule has 2 aliphatic rings. The molecule has 49 heavy (non-hydrogen) atoms. The van der Waals surface area contributed by atoms with Gasteiger partial charge in [0.05, 0.1) is 11.7 Å². The van der Waals surface area contributed by atoms with Gasteiger partial charge in [-0.15, -0.1) is 0 Å². The number of rotatable bonds is 6. The summed E-state index contributed by atoms with van der Waals surface area (Å²) >= 11 is 0. The van der Waals surface area contributed by atoms with Crippen LogP contribution < -0.4 is 4.90 Å². The number of hydrogen-bond donors (Lipinski definition) is 0. The summed E-state index contributed by atoms with van der Waals surface area (Å²) in [6.45, 7) is 0. The fraction of sp³-hybridized carbons (Fsp3) is 0.0444. The predicted octanol–water partition coefficient (Wildman–Crippen LogP) is 10.9. The Labute approximate surface area is 286 Å². The van der Waals surface area contributed by atoms with Gasteiger partial charge in [0.15, 0.2) is 17.5 Å². The van der Waals surface area contributed by atoms with Crippen molar-refractivity contribution in [3.05, 3.63) is 188 Å². The van der Waals surface area contributed by atoms with E-state index < -0.39 is 0 Å². The first-order chi connectivity index (χ1) is 24.3. The van der Waals surface area contributed by atoms with Crippen molar-refractivity contribution in [3.63, 3.8) is 0 Å². The average Bonchev–Trinajstić information content (AvgIpc) is 3.53. The Balaban J connectivity index is 1.21. The third-order valence-corrected chi connectivity index (χ3v) is 9.48. The SMILES string of the molecule is C1=CC2c3ccccc3N(c3ccccc3-c3nc(-c4ccc(-c5ccccc5)cc4)nc(-c4cccc(-c5ccccc5)c4)n3)C2C=C1. The second kappa shape index (κ2) is 12.3. The molecule has 6 aromatic carbocycles. The van der Waals surface area contributed by atoms with Crippen LogP contribution in [0.4, 0.5) is 11.4 Å². The third-order valence-electron chi connectivity index (χ3n) is 9.48. The first-order valence-electron chi connectivity index (χ1n) is 16.7. The van der Waals surface area contributed by atoms with Gasteiger partial charge in [0.1, 0.15) is 0 Å². The van der Waals surface area contributed by atoms with Gasteiger partial charge < -0.3 is 4.90 Å². The molecule has 2 heterocycles. The molecule has 0 saturated heterocycles. The summed E-state index contributed by atoms with van der Waals surface area (Å²) in [5.41, 5.74) is 11.0. The molecule has 0 radical (unpaired) electrons. The first kappa shape index (κ1) is 28.8. The zero-order chi connectivity index (χ0) is 32.6. The second-order valence-corrected chi connectivity index (χ2v) is 12.4.